The van der Waals surface area contributed by atoms with E-state index in [2.05, 4.69) is 26.6 Å². The van der Waals surface area contributed by atoms with Crippen LogP contribution in [0.4, 0.5) is 33.3 Å². The van der Waals surface area contributed by atoms with E-state index in [0.29, 0.717) is 42.6 Å². The first kappa shape index (κ1) is 44.4. The molecule has 2 heterocycles. The molecule has 19 heteroatoms. The molecule has 2 unspecified atom stereocenters. The molecule has 0 spiro atoms. The number of halogens is 6. The first-order valence-electron chi connectivity index (χ1n) is 16.6. The summed E-state index contributed by atoms with van der Waals surface area (Å²) in [6, 6.07) is 12.0. The summed E-state index contributed by atoms with van der Waals surface area (Å²) in [5.74, 6) is -7.60. The minimum atomic E-state index is -4.16. The number of nitrogens with zero attached hydrogens (tertiary/aromatic N) is 2. The van der Waals surface area contributed by atoms with Crippen molar-refractivity contribution in [1.29, 1.82) is 0 Å². The van der Waals surface area contributed by atoms with Gasteiger partial charge < -0.3 is 15.7 Å². The van der Waals surface area contributed by atoms with Crippen molar-refractivity contribution in [3.8, 4) is 0 Å². The van der Waals surface area contributed by atoms with Gasteiger partial charge in [0.15, 0.2) is 17.5 Å². The highest BCUT2D eigenvalue weighted by atomic mass is 79.9. The van der Waals surface area contributed by atoms with Gasteiger partial charge in [-0.15, -0.1) is 0 Å². The zero-order valence-electron chi connectivity index (χ0n) is 29.1. The molecule has 3 N–H and O–H groups in total. The largest absolute Gasteiger partial charge is 0.392 e. The molecule has 2 amide bonds. The van der Waals surface area contributed by atoms with E-state index in [0.717, 1.165) is 22.5 Å². The van der Waals surface area contributed by atoms with Gasteiger partial charge in [0.2, 0.25) is 20.0 Å². The highest BCUT2D eigenvalue weighted by Gasteiger charge is 2.35. The summed E-state index contributed by atoms with van der Waals surface area (Å²) in [7, 11) is -7.97. The lowest BCUT2D eigenvalue weighted by atomic mass is 10.1. The fourth-order valence-corrected chi connectivity index (χ4v) is 9.84. The number of nitrogens with one attached hydrogen (secondary N) is 2. The van der Waals surface area contributed by atoms with Crippen LogP contribution in [0.15, 0.2) is 81.0 Å². The number of carbonyl (C=O) groups excluding carboxylic acids is 2. The molecule has 0 aliphatic carbocycles. The Bertz CT molecular complexity index is 2350. The summed E-state index contributed by atoms with van der Waals surface area (Å²) >= 11 is 3.05. The summed E-state index contributed by atoms with van der Waals surface area (Å²) < 4.78 is 121. The maximum atomic E-state index is 14.2. The maximum Gasteiger partial charge on any atom is 0.255 e. The van der Waals surface area contributed by atoms with Crippen molar-refractivity contribution in [1.82, 2.24) is 8.61 Å². The molecule has 2 saturated heterocycles. The molecule has 0 bridgehead atoms. The third-order valence-electron chi connectivity index (χ3n) is 8.89. The number of aryl methyl sites for hydroxylation is 1. The Morgan fingerprint density at radius 3 is 1.86 bits per heavy atom. The lowest BCUT2D eigenvalue weighted by Crippen LogP contribution is -2.34. The van der Waals surface area contributed by atoms with E-state index in [9.17, 15) is 53.5 Å². The van der Waals surface area contributed by atoms with Crippen LogP contribution in [-0.2, 0) is 20.0 Å². The highest BCUT2D eigenvalue weighted by Crippen LogP contribution is 2.29. The van der Waals surface area contributed by atoms with Gasteiger partial charge in [-0.05, 0) is 103 Å². The van der Waals surface area contributed by atoms with E-state index in [1.807, 2.05) is 0 Å². The monoisotopic (exact) mass is 888 g/mol. The van der Waals surface area contributed by atoms with Gasteiger partial charge in [0, 0.05) is 60.3 Å². The van der Waals surface area contributed by atoms with Gasteiger partial charge in [0.1, 0.15) is 16.5 Å². The number of amides is 2. The quantitative estimate of drug-likeness (QED) is 0.125. The van der Waals surface area contributed by atoms with E-state index < -0.39 is 71.9 Å². The zero-order valence-corrected chi connectivity index (χ0v) is 32.3. The number of benzene rings is 4. The van der Waals surface area contributed by atoms with Crippen molar-refractivity contribution in [3.63, 3.8) is 0 Å². The Kier molecular flexibility index (Phi) is 14.2. The van der Waals surface area contributed by atoms with Crippen LogP contribution < -0.4 is 10.6 Å². The van der Waals surface area contributed by atoms with Gasteiger partial charge in [-0.1, -0.05) is 13.5 Å². The van der Waals surface area contributed by atoms with Gasteiger partial charge in [0.25, 0.3) is 11.8 Å². The first-order valence-corrected chi connectivity index (χ1v) is 20.3. The third-order valence-corrected chi connectivity index (χ3v) is 13.5. The van der Waals surface area contributed by atoms with Crippen molar-refractivity contribution in [2.75, 3.05) is 30.3 Å². The van der Waals surface area contributed by atoms with Crippen LogP contribution >= 0.6 is 15.9 Å². The van der Waals surface area contributed by atoms with E-state index in [4.69, 9.17) is 0 Å². The van der Waals surface area contributed by atoms with Gasteiger partial charge >= 0.3 is 0 Å². The normalized spacial score (nSPS) is 17.4. The molecular formula is C37H38BrF5N4O7S2. The molecule has 4 aromatic carbocycles. The fraction of sp³-hybridized carbons (Fsp3) is 0.297. The summed E-state index contributed by atoms with van der Waals surface area (Å²) in [5, 5.41) is 14.4. The number of sulfonamides is 2. The second kappa shape index (κ2) is 17.9. The standard InChI is InChI=1S/C18H18BrFN2O4S.C18H16F4N2O3S.CH4/c1-11-2-3-12(18(24)21-13-4-5-16(20)15(19)9-13)8-17(11)27(25,26)22-7-6-14(23)10-22;1-10-3-2-6-24(10)28(26,27)16-7-11(4-5-13(16)19)18(25)23-12-8-14(20)17(22)15(21)9-12;/h2-5,8-9,14,23H,6-7,10H2,1H3,(H,21,24);4-5,7-10H,2-3,6H2,1H3,(H,23,25);1H4. The lowest BCUT2D eigenvalue weighted by Gasteiger charge is -2.21. The summed E-state index contributed by atoms with van der Waals surface area (Å²) in [4.78, 5) is 24.2. The molecule has 4 aromatic rings. The predicted molar refractivity (Wildman–Crippen MR) is 203 cm³/mol. The first-order chi connectivity index (χ1) is 25.8. The number of aliphatic hydroxyl groups excluding tert-OH is 1. The number of carbonyl (C=O) groups is 2. The lowest BCUT2D eigenvalue weighted by molar-refractivity contribution is 0.101. The summed E-state index contributed by atoms with van der Waals surface area (Å²) in [6.07, 6.45) is 0.994. The van der Waals surface area contributed by atoms with Crippen molar-refractivity contribution >= 4 is 59.2 Å². The van der Waals surface area contributed by atoms with Crippen molar-refractivity contribution in [3.05, 3.63) is 117 Å². The molecule has 56 heavy (non-hydrogen) atoms. The van der Waals surface area contributed by atoms with Crippen LogP contribution in [0, 0.1) is 36.0 Å². The van der Waals surface area contributed by atoms with Crippen molar-refractivity contribution in [2.45, 2.75) is 62.5 Å². The average molecular weight is 890 g/mol. The van der Waals surface area contributed by atoms with Crippen molar-refractivity contribution < 1.29 is 53.5 Å². The molecule has 6 rings (SSSR count). The number of rotatable bonds is 8. The Morgan fingerprint density at radius 2 is 1.30 bits per heavy atom. The van der Waals surface area contributed by atoms with Crippen LogP contribution in [0.3, 0.4) is 0 Å². The Balaban J connectivity index is 0.000000244. The van der Waals surface area contributed by atoms with E-state index in [-0.39, 0.29) is 59.3 Å². The molecule has 2 aliphatic heterocycles. The molecule has 11 nitrogen and oxygen atoms in total. The van der Waals surface area contributed by atoms with E-state index >= 15 is 0 Å². The van der Waals surface area contributed by atoms with E-state index in [1.165, 1.54) is 34.6 Å². The van der Waals surface area contributed by atoms with E-state index in [1.54, 1.807) is 19.9 Å². The third kappa shape index (κ3) is 9.81. The summed E-state index contributed by atoms with van der Waals surface area (Å²) in [5.41, 5.74) is 0.443. The molecule has 302 valence electrons. The van der Waals surface area contributed by atoms with Gasteiger partial charge in [0.05, 0.1) is 15.5 Å². The smallest absolute Gasteiger partial charge is 0.255 e. The van der Waals surface area contributed by atoms with Crippen LogP contribution in [0.5, 0.6) is 0 Å². The minimum Gasteiger partial charge on any atom is -0.392 e. The average Bonchev–Trinajstić information content (AvgIpc) is 3.78. The minimum absolute atomic E-state index is 0. The number of hydrogen-bond donors (Lipinski definition) is 3. The number of hydrogen-bond acceptors (Lipinski definition) is 7. The van der Waals surface area contributed by atoms with Gasteiger partial charge in [-0.25, -0.2) is 38.8 Å². The molecule has 2 atom stereocenters. The second-order valence-corrected chi connectivity index (χ2v) is 17.4. The Morgan fingerprint density at radius 1 is 0.732 bits per heavy atom. The number of aliphatic hydroxyl groups is 1. The molecule has 0 aromatic heterocycles. The van der Waals surface area contributed by atoms with Crippen LogP contribution in [-0.4, -0.2) is 74.1 Å². The molecule has 0 saturated carbocycles. The van der Waals surface area contributed by atoms with Crippen LogP contribution in [0.1, 0.15) is 59.9 Å². The van der Waals surface area contributed by atoms with Gasteiger partial charge in [-0.2, -0.15) is 8.61 Å². The molecule has 0 radical (unpaired) electrons. The Hall–Kier alpha value is -4.27. The summed E-state index contributed by atoms with van der Waals surface area (Å²) in [6.45, 7) is 3.88. The Labute approximate surface area is 329 Å². The van der Waals surface area contributed by atoms with Crippen LogP contribution in [0.25, 0.3) is 0 Å². The second-order valence-electron chi connectivity index (χ2n) is 12.8. The van der Waals surface area contributed by atoms with Gasteiger partial charge in [-0.3, -0.25) is 9.59 Å². The zero-order chi connectivity index (χ0) is 40.4. The maximum absolute atomic E-state index is 14.2. The fourth-order valence-electron chi connectivity index (χ4n) is 5.93. The predicted octanol–water partition coefficient (Wildman–Crippen LogP) is 7.21. The highest BCUT2D eigenvalue weighted by molar-refractivity contribution is 9.10. The topological polar surface area (TPSA) is 153 Å². The van der Waals surface area contributed by atoms with Crippen molar-refractivity contribution in [2.24, 2.45) is 0 Å². The SMILES string of the molecule is C.CC1CCCN1S(=O)(=O)c1cc(C(=O)Nc2cc(F)c(F)c(F)c2)ccc1F.Cc1ccc(C(=O)Nc2ccc(F)c(Br)c2)cc1S(=O)(=O)N1CCC(O)C1. The number of anilines is 2. The molecular weight excluding hydrogens is 851 g/mol. The molecule has 2 fully saturated rings. The molecule has 2 aliphatic rings. The van der Waals surface area contributed by atoms with Crippen LogP contribution in [0.2, 0.25) is 0 Å². The number of β-amino-alcohol motifs (C(OH)–C–C–N with tert-alkyl or cyclic N) is 1.